The van der Waals surface area contributed by atoms with Crippen LogP contribution in [0.3, 0.4) is 0 Å². The van der Waals surface area contributed by atoms with E-state index in [1.54, 1.807) is 0 Å². The summed E-state index contributed by atoms with van der Waals surface area (Å²) in [6, 6.07) is 157. The van der Waals surface area contributed by atoms with Gasteiger partial charge in [0.05, 0.1) is 0 Å². The molecule has 9 aromatic heterocycles. The van der Waals surface area contributed by atoms with Crippen molar-refractivity contribution in [1.29, 1.82) is 0 Å². The molecular weight excluding hydrogens is 1800 g/mol. The van der Waals surface area contributed by atoms with E-state index >= 15 is 0 Å². The Hall–Kier alpha value is -18.9. The summed E-state index contributed by atoms with van der Waals surface area (Å²) >= 11 is 3.65. The van der Waals surface area contributed by atoms with Crippen molar-refractivity contribution >= 4 is 183 Å². The maximum atomic E-state index is 6.62. The molecule has 0 amide bonds. The zero-order valence-electron chi connectivity index (χ0n) is 76.8. The van der Waals surface area contributed by atoms with Crippen molar-refractivity contribution in [2.75, 3.05) is 0 Å². The van der Waals surface area contributed by atoms with Crippen LogP contribution in [0.4, 0.5) is 0 Å². The number of para-hydroxylation sites is 2. The molecule has 0 aliphatic heterocycles. The molecule has 0 saturated carbocycles. The number of hydrogen-bond acceptors (Lipinski definition) is 15. The van der Waals surface area contributed by atoms with Gasteiger partial charge < -0.3 is 17.7 Å². The van der Waals surface area contributed by atoms with Gasteiger partial charge in [-0.25, -0.2) is 44.9 Å². The molecule has 0 aliphatic carbocycles. The van der Waals surface area contributed by atoms with Crippen molar-refractivity contribution in [3.63, 3.8) is 0 Å². The highest BCUT2D eigenvalue weighted by molar-refractivity contribution is 7.26. The number of benzene rings is 21. The van der Waals surface area contributed by atoms with E-state index in [4.69, 9.17) is 62.5 Å². The Morgan fingerprint density at radius 2 is 0.451 bits per heavy atom. The van der Waals surface area contributed by atoms with Crippen molar-refractivity contribution < 1.29 is 17.7 Å². The molecule has 0 saturated heterocycles. The molecule has 9 heterocycles. The molecule has 0 N–H and O–H groups in total. The molecule has 0 radical (unpaired) electrons. The summed E-state index contributed by atoms with van der Waals surface area (Å²) < 4.78 is 31.4. The van der Waals surface area contributed by atoms with Crippen LogP contribution >= 0.6 is 22.7 Å². The van der Waals surface area contributed by atoms with E-state index in [0.717, 1.165) is 204 Å². The molecular formula is C129H75N9O4S2. The number of thiophene rings is 2. The van der Waals surface area contributed by atoms with Gasteiger partial charge in [-0.2, -0.15) is 0 Å². The Bertz CT molecular complexity index is 10200. The van der Waals surface area contributed by atoms with Crippen LogP contribution in [0.2, 0.25) is 0 Å². The molecule has 0 atom stereocenters. The molecule has 144 heavy (non-hydrogen) atoms. The maximum Gasteiger partial charge on any atom is 0.165 e. The molecule has 0 spiro atoms. The van der Waals surface area contributed by atoms with Crippen LogP contribution in [-0.4, -0.2) is 44.9 Å². The van der Waals surface area contributed by atoms with E-state index in [2.05, 4.69) is 255 Å². The first-order chi connectivity index (χ1) is 71.3. The van der Waals surface area contributed by atoms with Crippen molar-refractivity contribution in [1.82, 2.24) is 44.9 Å². The van der Waals surface area contributed by atoms with Crippen LogP contribution < -0.4 is 0 Å². The number of hydrogen-bond donors (Lipinski definition) is 0. The molecule has 13 nitrogen and oxygen atoms in total. The van der Waals surface area contributed by atoms with Crippen molar-refractivity contribution in [2.45, 2.75) is 0 Å². The molecule has 30 aromatic rings. The van der Waals surface area contributed by atoms with Gasteiger partial charge in [-0.3, -0.25) is 0 Å². The normalized spacial score (nSPS) is 11.8. The first-order valence-corrected chi connectivity index (χ1v) is 49.5. The largest absolute Gasteiger partial charge is 0.456 e. The van der Waals surface area contributed by atoms with Crippen LogP contribution in [0.1, 0.15) is 0 Å². The Kier molecular flexibility index (Phi) is 20.0. The average molecular weight is 1880 g/mol. The van der Waals surface area contributed by atoms with Gasteiger partial charge in [-0.1, -0.05) is 346 Å². The SMILES string of the molecule is c1ccc(-c2nc(-c3ccccc3)nc(-c3c(-c4ccc5sc6ccccc6c5c4)ccc4oc5cc6ccccc6cc5c34)n2)cc1.c1ccc(-c2nc(-c3ccccc3)nc(-c3c(-c4cccc5c4oc4ccccc45)ccc4oc5cc6ccccc6cc5c34)n2)cc1.c1ccc(-c2nc(-c3ccccc3)nc(-c3c(-c4cccc5sc6ccccc6c45)ccc4oc5cc6ccccc6cc5c34)n2)cc1. The van der Waals surface area contributed by atoms with Crippen molar-refractivity contribution in [3.8, 4) is 136 Å². The fraction of sp³-hybridized carbons (Fsp3) is 0. The zero-order valence-corrected chi connectivity index (χ0v) is 78.4. The predicted molar refractivity (Wildman–Crippen MR) is 592 cm³/mol. The van der Waals surface area contributed by atoms with E-state index in [9.17, 15) is 0 Å². The van der Waals surface area contributed by atoms with Crippen LogP contribution in [-0.2, 0) is 0 Å². The van der Waals surface area contributed by atoms with Gasteiger partial charge in [-0.15, -0.1) is 22.7 Å². The summed E-state index contributed by atoms with van der Waals surface area (Å²) in [6.45, 7) is 0. The Labute approximate surface area is 830 Å². The van der Waals surface area contributed by atoms with E-state index < -0.39 is 0 Å². The lowest BCUT2D eigenvalue weighted by molar-refractivity contribution is 0.668. The lowest BCUT2D eigenvalue weighted by Gasteiger charge is -2.14. The van der Waals surface area contributed by atoms with Gasteiger partial charge in [0.2, 0.25) is 0 Å². The summed E-state index contributed by atoms with van der Waals surface area (Å²) in [6.07, 6.45) is 0. The number of fused-ring (bicyclic) bond motifs is 21. The number of aromatic nitrogens is 9. The second-order valence-corrected chi connectivity index (χ2v) is 38.1. The molecule has 0 fully saturated rings. The van der Waals surface area contributed by atoms with E-state index in [0.29, 0.717) is 52.4 Å². The minimum atomic E-state index is 0.562. The summed E-state index contributed by atoms with van der Waals surface area (Å²) in [7, 11) is 0. The molecule has 672 valence electrons. The van der Waals surface area contributed by atoms with Gasteiger partial charge in [0, 0.05) is 139 Å². The summed E-state index contributed by atoms with van der Waals surface area (Å²) in [5.74, 6) is 5.47. The van der Waals surface area contributed by atoms with Gasteiger partial charge in [0.25, 0.3) is 0 Å². The van der Waals surface area contributed by atoms with E-state index in [1.165, 1.54) is 40.3 Å². The number of nitrogens with zero attached hydrogens (tertiary/aromatic N) is 9. The second kappa shape index (κ2) is 34.6. The van der Waals surface area contributed by atoms with Gasteiger partial charge in [0.1, 0.15) is 44.7 Å². The fourth-order valence-corrected chi connectivity index (χ4v) is 22.9. The third kappa shape index (κ3) is 14.5. The van der Waals surface area contributed by atoms with Gasteiger partial charge in [-0.05, 0) is 169 Å². The van der Waals surface area contributed by atoms with Crippen LogP contribution in [0.15, 0.2) is 473 Å². The highest BCUT2D eigenvalue weighted by Crippen LogP contribution is 2.52. The lowest BCUT2D eigenvalue weighted by Crippen LogP contribution is -2.01. The second-order valence-electron chi connectivity index (χ2n) is 36.0. The quantitative estimate of drug-likeness (QED) is 0.113. The predicted octanol–water partition coefficient (Wildman–Crippen LogP) is 35.4. The molecule has 30 rings (SSSR count). The smallest absolute Gasteiger partial charge is 0.165 e. The summed E-state index contributed by atoms with van der Waals surface area (Å²) in [5, 5.41) is 20.0. The van der Waals surface area contributed by atoms with Crippen molar-refractivity contribution in [2.24, 2.45) is 0 Å². The maximum absolute atomic E-state index is 6.62. The number of rotatable bonds is 12. The minimum absolute atomic E-state index is 0.562. The van der Waals surface area contributed by atoms with Crippen LogP contribution in [0, 0.1) is 0 Å². The van der Waals surface area contributed by atoms with Gasteiger partial charge >= 0.3 is 0 Å². The Balaban J connectivity index is 0.000000105. The average Bonchev–Trinajstić information content (AvgIpc) is 1.56. The fourth-order valence-electron chi connectivity index (χ4n) is 20.7. The first kappa shape index (κ1) is 83.3. The summed E-state index contributed by atoms with van der Waals surface area (Å²) in [5.41, 5.74) is 21.0. The molecule has 0 unspecified atom stereocenters. The minimum Gasteiger partial charge on any atom is -0.456 e. The van der Waals surface area contributed by atoms with Crippen molar-refractivity contribution in [3.05, 3.63) is 455 Å². The summed E-state index contributed by atoms with van der Waals surface area (Å²) in [4.78, 5) is 46.4. The zero-order chi connectivity index (χ0) is 94.8. The standard InChI is InChI=1S/C43H25N3O2.2C43H25N3OS/c1-3-12-26(13-4-1)41-44-42(27-14-5-2-6-15-27)46-43(45-41)39-31(33-20-11-19-32-30-18-9-10-21-35(30)48-40(32)33)22-23-36-38(39)34-24-28-16-7-8-17-29(28)25-37(34)47-36;1-3-12-26(13-4-1)41-44-42(27-14-5-2-6-15-27)46-43(45-41)40-31(30-19-11-21-37-38(30)32-18-9-10-20-36(32)48-37)22-23-34-39(40)33-24-28-16-7-8-17-29(28)25-35(33)47-34;1-3-11-26(12-4-1)41-44-42(27-13-5-2-6-14-27)46-43(45-41)40-31(30-19-22-38-33(24-30)32-17-9-10-18-37(32)48-38)20-21-35-39(40)34-23-28-15-7-8-16-29(28)25-36(34)47-35/h3*1-25H. The highest BCUT2D eigenvalue weighted by Gasteiger charge is 2.30. The third-order valence-corrected chi connectivity index (χ3v) is 29.6. The van der Waals surface area contributed by atoms with Gasteiger partial charge in [0.15, 0.2) is 52.4 Å². The highest BCUT2D eigenvalue weighted by atomic mass is 32.1. The Morgan fingerprint density at radius 1 is 0.146 bits per heavy atom. The molecule has 0 bridgehead atoms. The van der Waals surface area contributed by atoms with Crippen LogP contribution in [0.25, 0.3) is 296 Å². The van der Waals surface area contributed by atoms with E-state index in [-0.39, 0.29) is 0 Å². The van der Waals surface area contributed by atoms with Crippen LogP contribution in [0.5, 0.6) is 0 Å². The molecule has 0 aliphatic rings. The lowest BCUT2D eigenvalue weighted by atomic mass is 9.91. The number of furan rings is 4. The molecule has 15 heteroatoms. The third-order valence-electron chi connectivity index (χ3n) is 27.4. The topological polar surface area (TPSA) is 169 Å². The first-order valence-electron chi connectivity index (χ1n) is 47.8. The Morgan fingerprint density at radius 3 is 0.882 bits per heavy atom. The monoisotopic (exact) mass is 1880 g/mol. The molecule has 21 aromatic carbocycles. The van der Waals surface area contributed by atoms with E-state index in [1.807, 2.05) is 223 Å².